The Morgan fingerprint density at radius 2 is 1.80 bits per heavy atom. The van der Waals surface area contributed by atoms with E-state index in [4.69, 9.17) is 5.73 Å². The molecule has 1 saturated heterocycles. The molecule has 2 rings (SSSR count). The highest BCUT2D eigenvalue weighted by atomic mass is 16.2. The summed E-state index contributed by atoms with van der Waals surface area (Å²) in [5.74, 6) is -0.0953. The first kappa shape index (κ1) is 15.3. The van der Waals surface area contributed by atoms with E-state index in [-0.39, 0.29) is 23.7 Å². The van der Waals surface area contributed by atoms with Crippen molar-refractivity contribution in [3.8, 4) is 0 Å². The minimum atomic E-state index is -0.238. The first-order valence-corrected chi connectivity index (χ1v) is 7.64. The van der Waals surface area contributed by atoms with Gasteiger partial charge in [0.2, 0.25) is 11.8 Å². The van der Waals surface area contributed by atoms with Crippen molar-refractivity contribution in [2.24, 2.45) is 17.6 Å². The second-order valence-corrected chi connectivity index (χ2v) is 6.21. The first-order chi connectivity index (χ1) is 9.49. The largest absolute Gasteiger partial charge is 0.369 e. The molecule has 0 bridgehead atoms. The fourth-order valence-corrected chi connectivity index (χ4v) is 3.12. The summed E-state index contributed by atoms with van der Waals surface area (Å²) in [7, 11) is 0. The van der Waals surface area contributed by atoms with E-state index < -0.39 is 0 Å². The fraction of sp³-hybridized carbons (Fsp3) is 0.800. The molecule has 2 amide bonds. The first-order valence-electron chi connectivity index (χ1n) is 7.64. The van der Waals surface area contributed by atoms with Crippen LogP contribution in [0.2, 0.25) is 0 Å². The average Bonchev–Trinajstić information content (AvgIpc) is 2.46. The Labute approximate surface area is 121 Å². The summed E-state index contributed by atoms with van der Waals surface area (Å²) in [6, 6.07) is 0.546. The number of primary amides is 1. The second kappa shape index (κ2) is 6.57. The number of nitrogens with zero attached hydrogens (tertiary/aromatic N) is 2. The van der Waals surface area contributed by atoms with Gasteiger partial charge in [-0.15, -0.1) is 0 Å². The highest BCUT2D eigenvalue weighted by molar-refractivity contribution is 5.82. The number of piperazine rings is 1. The predicted octanol–water partition coefficient (Wildman–Crippen LogP) is 0.645. The topological polar surface area (TPSA) is 66.6 Å². The van der Waals surface area contributed by atoms with Crippen molar-refractivity contribution in [3.63, 3.8) is 0 Å². The molecule has 20 heavy (non-hydrogen) atoms. The maximum atomic E-state index is 12.5. The molecule has 0 aromatic heterocycles. The van der Waals surface area contributed by atoms with Gasteiger partial charge in [0.25, 0.3) is 0 Å². The van der Waals surface area contributed by atoms with Gasteiger partial charge in [-0.05, 0) is 39.5 Å². The zero-order valence-corrected chi connectivity index (χ0v) is 12.5. The monoisotopic (exact) mass is 280 g/mol. The number of nitrogens with two attached hydrogens (primary N) is 1. The van der Waals surface area contributed by atoms with Gasteiger partial charge in [-0.3, -0.25) is 14.5 Å². The molecule has 1 saturated carbocycles. The smallest absolute Gasteiger partial charge is 0.226 e. The number of hydrogen-bond donors (Lipinski definition) is 1. The molecule has 0 aromatic rings. The van der Waals surface area contributed by atoms with Crippen LogP contribution in [-0.4, -0.2) is 53.8 Å². The van der Waals surface area contributed by atoms with Crippen LogP contribution < -0.4 is 5.73 Å². The van der Waals surface area contributed by atoms with Crippen LogP contribution in [0.3, 0.4) is 0 Å². The van der Waals surface area contributed by atoms with E-state index in [0.717, 1.165) is 39.0 Å². The Morgan fingerprint density at radius 3 is 2.25 bits per heavy atom. The van der Waals surface area contributed by atoms with Gasteiger partial charge in [-0.1, -0.05) is 0 Å². The Morgan fingerprint density at radius 1 is 1.15 bits per heavy atom. The van der Waals surface area contributed by atoms with Crippen LogP contribution in [0.15, 0.2) is 0 Å². The van der Waals surface area contributed by atoms with Crippen LogP contribution in [0.25, 0.3) is 0 Å². The number of carbonyl (C=O) groups is 2. The van der Waals surface area contributed by atoms with E-state index in [1.54, 1.807) is 0 Å². The van der Waals surface area contributed by atoms with E-state index in [0.29, 0.717) is 12.5 Å². The van der Waals surface area contributed by atoms with Crippen molar-refractivity contribution in [3.05, 3.63) is 6.42 Å². The third-order valence-corrected chi connectivity index (χ3v) is 4.61. The van der Waals surface area contributed by atoms with Gasteiger partial charge in [-0.25, -0.2) is 0 Å². The molecule has 1 aliphatic carbocycles. The van der Waals surface area contributed by atoms with Crippen molar-refractivity contribution < 1.29 is 9.59 Å². The van der Waals surface area contributed by atoms with Crippen molar-refractivity contribution in [1.29, 1.82) is 0 Å². The van der Waals surface area contributed by atoms with Crippen molar-refractivity contribution in [2.45, 2.75) is 39.2 Å². The standard InChI is InChI=1S/C15H26N3O2/c1-11(2)17-7-9-18(10-8-17)15(20)13-5-3-12(4-6-13)14(16)19/h5,11-13H,3-4,6-10H2,1-2H3,(H2,16,19). The Hall–Kier alpha value is -1.10. The molecule has 1 radical (unpaired) electrons. The Kier molecular flexibility index (Phi) is 5.02. The summed E-state index contributed by atoms with van der Waals surface area (Å²) in [6.45, 7) is 7.94. The third-order valence-electron chi connectivity index (χ3n) is 4.61. The molecule has 5 nitrogen and oxygen atoms in total. The van der Waals surface area contributed by atoms with Gasteiger partial charge in [0.15, 0.2) is 0 Å². The fourth-order valence-electron chi connectivity index (χ4n) is 3.12. The Bertz CT molecular complexity index is 354. The van der Waals surface area contributed by atoms with Gasteiger partial charge in [0.05, 0.1) is 0 Å². The van der Waals surface area contributed by atoms with E-state index in [1.807, 2.05) is 11.3 Å². The zero-order chi connectivity index (χ0) is 14.7. The van der Waals surface area contributed by atoms with Crippen LogP contribution >= 0.6 is 0 Å². The summed E-state index contributed by atoms with van der Waals surface area (Å²) in [5.41, 5.74) is 5.32. The lowest BCUT2D eigenvalue weighted by Gasteiger charge is -2.39. The van der Waals surface area contributed by atoms with Crippen molar-refractivity contribution >= 4 is 11.8 Å². The van der Waals surface area contributed by atoms with Crippen LogP contribution in [0.4, 0.5) is 0 Å². The summed E-state index contributed by atoms with van der Waals surface area (Å²) < 4.78 is 0. The molecule has 2 aliphatic rings. The summed E-state index contributed by atoms with van der Waals surface area (Å²) in [4.78, 5) is 28.0. The average molecular weight is 280 g/mol. The lowest BCUT2D eigenvalue weighted by Crippen LogP contribution is -2.52. The lowest BCUT2D eigenvalue weighted by atomic mass is 9.81. The van der Waals surface area contributed by atoms with Crippen LogP contribution in [0.5, 0.6) is 0 Å². The quantitative estimate of drug-likeness (QED) is 0.825. The number of hydrogen-bond acceptors (Lipinski definition) is 3. The second-order valence-electron chi connectivity index (χ2n) is 6.21. The van der Waals surface area contributed by atoms with Crippen molar-refractivity contribution in [2.75, 3.05) is 26.2 Å². The maximum absolute atomic E-state index is 12.5. The SMILES string of the molecule is CC(C)N1CCN(C(=O)C2[CH]CC(C(N)=O)CC2)CC1. The number of amides is 2. The normalized spacial score (nSPS) is 28.6. The molecule has 1 aliphatic heterocycles. The van der Waals surface area contributed by atoms with Crippen LogP contribution in [0, 0.1) is 18.3 Å². The highest BCUT2D eigenvalue weighted by Crippen LogP contribution is 2.29. The summed E-state index contributed by atoms with van der Waals surface area (Å²) in [6.07, 6.45) is 4.15. The minimum Gasteiger partial charge on any atom is -0.369 e. The molecule has 2 N–H and O–H groups in total. The number of carbonyl (C=O) groups excluding carboxylic acids is 2. The third kappa shape index (κ3) is 3.51. The van der Waals surface area contributed by atoms with E-state index >= 15 is 0 Å². The van der Waals surface area contributed by atoms with Crippen LogP contribution in [0.1, 0.15) is 33.1 Å². The minimum absolute atomic E-state index is 0.0174. The van der Waals surface area contributed by atoms with Gasteiger partial charge in [0.1, 0.15) is 0 Å². The maximum Gasteiger partial charge on any atom is 0.226 e. The van der Waals surface area contributed by atoms with Crippen molar-refractivity contribution in [1.82, 2.24) is 9.80 Å². The molecule has 2 unspecified atom stereocenters. The highest BCUT2D eigenvalue weighted by Gasteiger charge is 2.32. The molecule has 0 spiro atoms. The summed E-state index contributed by atoms with van der Waals surface area (Å²) >= 11 is 0. The van der Waals surface area contributed by atoms with Gasteiger partial charge in [0, 0.05) is 44.1 Å². The van der Waals surface area contributed by atoms with Gasteiger partial charge < -0.3 is 10.6 Å². The molecule has 2 fully saturated rings. The van der Waals surface area contributed by atoms with Crippen LogP contribution in [-0.2, 0) is 9.59 Å². The number of rotatable bonds is 3. The molecular weight excluding hydrogens is 254 g/mol. The lowest BCUT2D eigenvalue weighted by molar-refractivity contribution is -0.138. The molecule has 2 atom stereocenters. The predicted molar refractivity (Wildman–Crippen MR) is 77.6 cm³/mol. The summed E-state index contributed by atoms with van der Waals surface area (Å²) in [5, 5.41) is 0. The zero-order valence-electron chi connectivity index (χ0n) is 12.5. The van der Waals surface area contributed by atoms with E-state index in [2.05, 4.69) is 18.7 Å². The molecular formula is C15H26N3O2. The molecule has 5 heteroatoms. The molecule has 113 valence electrons. The van der Waals surface area contributed by atoms with Gasteiger partial charge >= 0.3 is 0 Å². The molecule has 1 heterocycles. The van der Waals surface area contributed by atoms with E-state index in [1.165, 1.54) is 0 Å². The van der Waals surface area contributed by atoms with E-state index in [9.17, 15) is 9.59 Å². The Balaban J connectivity index is 1.80. The van der Waals surface area contributed by atoms with Gasteiger partial charge in [-0.2, -0.15) is 0 Å². The molecule has 0 aromatic carbocycles.